The second-order valence-electron chi connectivity index (χ2n) is 11.2. The number of fused-ring (bicyclic) bond motifs is 7. The van der Waals surface area contributed by atoms with Crippen LogP contribution in [0.15, 0.2) is 72.8 Å². The van der Waals surface area contributed by atoms with Crippen LogP contribution in [0.3, 0.4) is 0 Å². The number of H-pyrrole nitrogens is 1. The Kier molecular flexibility index (Phi) is 6.99. The molecule has 0 fully saturated rings. The summed E-state index contributed by atoms with van der Waals surface area (Å²) in [5, 5.41) is 7.05. The van der Waals surface area contributed by atoms with Crippen molar-refractivity contribution in [2.24, 2.45) is 5.92 Å². The molecule has 3 unspecified atom stereocenters. The highest BCUT2D eigenvalue weighted by molar-refractivity contribution is 6.04. The SMILES string of the molecule is COc1ccc(CNC(=O)C(CC(C)C)NC(=O)C2Cc3c([nH]c4ccccc34)C3c4ccccc4C(=O)N23)cc1. The van der Waals surface area contributed by atoms with Crippen LogP contribution in [0.5, 0.6) is 5.75 Å². The number of ether oxygens (including phenoxy) is 1. The number of nitrogens with zero attached hydrogens (tertiary/aromatic N) is 1. The monoisotopic (exact) mass is 550 g/mol. The van der Waals surface area contributed by atoms with Gasteiger partial charge in [0.1, 0.15) is 17.8 Å². The molecule has 0 saturated heterocycles. The van der Waals surface area contributed by atoms with E-state index >= 15 is 0 Å². The van der Waals surface area contributed by atoms with E-state index in [9.17, 15) is 14.4 Å². The largest absolute Gasteiger partial charge is 0.497 e. The van der Waals surface area contributed by atoms with Gasteiger partial charge in [0.25, 0.3) is 5.91 Å². The number of aromatic amines is 1. The number of amides is 3. The molecule has 1 aromatic heterocycles. The molecule has 41 heavy (non-hydrogen) atoms. The van der Waals surface area contributed by atoms with Crippen molar-refractivity contribution in [1.82, 2.24) is 20.5 Å². The van der Waals surface area contributed by atoms with Gasteiger partial charge in [0.05, 0.1) is 13.2 Å². The fourth-order valence-corrected chi connectivity index (χ4v) is 6.16. The van der Waals surface area contributed by atoms with E-state index in [-0.39, 0.29) is 23.6 Å². The summed E-state index contributed by atoms with van der Waals surface area (Å²) in [5.74, 6) is 0.174. The van der Waals surface area contributed by atoms with Crippen molar-refractivity contribution in [3.8, 4) is 5.75 Å². The van der Waals surface area contributed by atoms with E-state index in [0.717, 1.165) is 39.0 Å². The fourth-order valence-electron chi connectivity index (χ4n) is 6.16. The summed E-state index contributed by atoms with van der Waals surface area (Å²) in [7, 11) is 1.61. The van der Waals surface area contributed by atoms with Crippen molar-refractivity contribution < 1.29 is 19.1 Å². The van der Waals surface area contributed by atoms with Crippen molar-refractivity contribution in [1.29, 1.82) is 0 Å². The molecule has 8 nitrogen and oxygen atoms in total. The molecule has 3 aromatic carbocycles. The molecule has 3 atom stereocenters. The van der Waals surface area contributed by atoms with Crippen molar-refractivity contribution in [3.05, 3.63) is 101 Å². The maximum atomic E-state index is 14.0. The first kappa shape index (κ1) is 26.6. The summed E-state index contributed by atoms with van der Waals surface area (Å²) in [6.45, 7) is 4.37. The van der Waals surface area contributed by atoms with Crippen LogP contribution in [0.4, 0.5) is 0 Å². The second kappa shape index (κ2) is 10.8. The van der Waals surface area contributed by atoms with Crippen LogP contribution in [0.25, 0.3) is 10.9 Å². The minimum Gasteiger partial charge on any atom is -0.497 e. The second-order valence-corrected chi connectivity index (χ2v) is 11.2. The summed E-state index contributed by atoms with van der Waals surface area (Å²) in [5.41, 5.74) is 5.39. The van der Waals surface area contributed by atoms with Gasteiger partial charge in [-0.05, 0) is 53.3 Å². The standard InChI is InChI=1S/C33H34N4O4/c1-19(2)16-27(31(38)34-18-20-12-14-21(41-3)15-13-20)36-32(39)28-17-25-22-8-6-7-11-26(22)35-29(25)30-23-9-4-5-10-24(23)33(40)37(28)30/h4-15,19,27-28,30,35H,16-18H2,1-3H3,(H,34,38)(H,36,39). The Morgan fingerprint density at radius 2 is 1.76 bits per heavy atom. The Morgan fingerprint density at radius 3 is 2.51 bits per heavy atom. The summed E-state index contributed by atoms with van der Waals surface area (Å²) in [6, 6.07) is 21.2. The number of nitrogens with one attached hydrogen (secondary N) is 3. The maximum absolute atomic E-state index is 14.0. The molecular formula is C33H34N4O4. The smallest absolute Gasteiger partial charge is 0.255 e. The van der Waals surface area contributed by atoms with Gasteiger partial charge in [0, 0.05) is 35.1 Å². The molecule has 2 aliphatic heterocycles. The zero-order valence-electron chi connectivity index (χ0n) is 23.4. The van der Waals surface area contributed by atoms with Crippen LogP contribution in [0.2, 0.25) is 0 Å². The molecule has 3 N–H and O–H groups in total. The van der Waals surface area contributed by atoms with Crippen molar-refractivity contribution >= 4 is 28.6 Å². The molecule has 2 aliphatic rings. The van der Waals surface area contributed by atoms with Crippen molar-refractivity contribution in [2.75, 3.05) is 7.11 Å². The highest BCUT2D eigenvalue weighted by atomic mass is 16.5. The predicted octanol–water partition coefficient (Wildman–Crippen LogP) is 4.49. The molecule has 0 spiro atoms. The lowest BCUT2D eigenvalue weighted by Crippen LogP contribution is -2.56. The third-order valence-corrected chi connectivity index (χ3v) is 8.12. The van der Waals surface area contributed by atoms with Crippen LogP contribution in [-0.2, 0) is 22.6 Å². The lowest BCUT2D eigenvalue weighted by atomic mass is 9.89. The average molecular weight is 551 g/mol. The summed E-state index contributed by atoms with van der Waals surface area (Å²) >= 11 is 0. The Balaban J connectivity index is 1.28. The molecule has 0 radical (unpaired) electrons. The number of hydrogen-bond acceptors (Lipinski definition) is 4. The topological polar surface area (TPSA) is 104 Å². The van der Waals surface area contributed by atoms with Gasteiger partial charge in [-0.3, -0.25) is 14.4 Å². The Bertz CT molecular complexity index is 1620. The number of benzene rings is 3. The molecule has 0 bridgehead atoms. The number of rotatable bonds is 8. The van der Waals surface area contributed by atoms with Gasteiger partial charge in [0.2, 0.25) is 11.8 Å². The van der Waals surface area contributed by atoms with Gasteiger partial charge < -0.3 is 25.3 Å². The minimum absolute atomic E-state index is 0.167. The van der Waals surface area contributed by atoms with E-state index in [1.165, 1.54) is 0 Å². The van der Waals surface area contributed by atoms with E-state index in [4.69, 9.17) is 4.74 Å². The zero-order chi connectivity index (χ0) is 28.7. The molecule has 210 valence electrons. The van der Waals surface area contributed by atoms with Gasteiger partial charge in [-0.15, -0.1) is 0 Å². The van der Waals surface area contributed by atoms with Gasteiger partial charge in [-0.1, -0.05) is 62.4 Å². The Morgan fingerprint density at radius 1 is 1.02 bits per heavy atom. The lowest BCUT2D eigenvalue weighted by molar-refractivity contribution is -0.132. The number of methoxy groups -OCH3 is 1. The highest BCUT2D eigenvalue weighted by Crippen LogP contribution is 2.46. The van der Waals surface area contributed by atoms with E-state index in [1.54, 1.807) is 12.0 Å². The first-order valence-electron chi connectivity index (χ1n) is 14.1. The maximum Gasteiger partial charge on any atom is 0.255 e. The molecule has 4 aromatic rings. The average Bonchev–Trinajstić information content (AvgIpc) is 3.50. The van der Waals surface area contributed by atoms with Crippen molar-refractivity contribution in [2.45, 2.75) is 51.4 Å². The van der Waals surface area contributed by atoms with Crippen LogP contribution >= 0.6 is 0 Å². The lowest BCUT2D eigenvalue weighted by Gasteiger charge is -2.37. The zero-order valence-corrected chi connectivity index (χ0v) is 23.4. The number of carbonyl (C=O) groups is 3. The first-order valence-corrected chi connectivity index (χ1v) is 14.1. The molecule has 0 aliphatic carbocycles. The fraction of sp³-hybridized carbons (Fsp3) is 0.303. The van der Waals surface area contributed by atoms with E-state index < -0.39 is 18.1 Å². The molecule has 8 heteroatoms. The molecule has 3 heterocycles. The number of carbonyl (C=O) groups excluding carboxylic acids is 3. The minimum atomic E-state index is -0.754. The predicted molar refractivity (Wildman–Crippen MR) is 156 cm³/mol. The molecule has 3 amide bonds. The van der Waals surface area contributed by atoms with Gasteiger partial charge >= 0.3 is 0 Å². The summed E-state index contributed by atoms with van der Waals surface area (Å²) in [6.07, 6.45) is 0.839. The number of aromatic nitrogens is 1. The van der Waals surface area contributed by atoms with E-state index in [0.29, 0.717) is 24.9 Å². The van der Waals surface area contributed by atoms with Crippen molar-refractivity contribution in [3.63, 3.8) is 0 Å². The molecule has 0 saturated carbocycles. The van der Waals surface area contributed by atoms with Gasteiger partial charge in [-0.25, -0.2) is 0 Å². The van der Waals surface area contributed by atoms with Gasteiger partial charge in [-0.2, -0.15) is 0 Å². The number of para-hydroxylation sites is 1. The van der Waals surface area contributed by atoms with Gasteiger partial charge in [0.15, 0.2) is 0 Å². The Hall–Kier alpha value is -4.59. The quantitative estimate of drug-likeness (QED) is 0.301. The summed E-state index contributed by atoms with van der Waals surface area (Å²) < 4.78 is 5.21. The van der Waals surface area contributed by atoms with E-state index in [2.05, 4.69) is 15.6 Å². The molecule has 6 rings (SSSR count). The van der Waals surface area contributed by atoms with E-state index in [1.807, 2.05) is 86.6 Å². The van der Waals surface area contributed by atoms with Crippen LogP contribution in [0.1, 0.15) is 59.1 Å². The normalized spacial score (nSPS) is 18.0. The van der Waals surface area contributed by atoms with Crippen LogP contribution < -0.4 is 15.4 Å². The highest BCUT2D eigenvalue weighted by Gasteiger charge is 2.49. The third kappa shape index (κ3) is 4.84. The summed E-state index contributed by atoms with van der Waals surface area (Å²) in [4.78, 5) is 46.3. The third-order valence-electron chi connectivity index (χ3n) is 8.12. The first-order chi connectivity index (χ1) is 19.9. The molecular weight excluding hydrogens is 516 g/mol. The Labute approximate surface area is 239 Å². The van der Waals surface area contributed by atoms with Crippen LogP contribution in [0, 0.1) is 5.92 Å². The van der Waals surface area contributed by atoms with Crippen LogP contribution in [-0.4, -0.2) is 46.8 Å². The number of hydrogen-bond donors (Lipinski definition) is 3.